The smallest absolute Gasteiger partial charge is 0.0716 e. The Morgan fingerprint density at radius 3 is 2.11 bits per heavy atom. The van der Waals surface area contributed by atoms with E-state index < -0.39 is 5.60 Å². The normalized spacial score (nSPS) is 28.2. The largest absolute Gasteiger partial charge is 0.390 e. The lowest BCUT2D eigenvalue weighted by Gasteiger charge is -2.52. The van der Waals surface area contributed by atoms with E-state index >= 15 is 0 Å². The van der Waals surface area contributed by atoms with Crippen molar-refractivity contribution in [2.75, 3.05) is 6.61 Å². The van der Waals surface area contributed by atoms with Crippen LogP contribution in [0.25, 0.3) is 0 Å². The Morgan fingerprint density at radius 1 is 0.889 bits per heavy atom. The fraction of sp³-hybridized carbons (Fsp3) is 0.500. The second-order valence-corrected chi connectivity index (χ2v) is 8.32. The number of piperidine rings is 2. The van der Waals surface area contributed by atoms with Gasteiger partial charge in [-0.3, -0.25) is 4.90 Å². The molecule has 0 spiro atoms. The molecule has 2 aromatic carbocycles. The first-order chi connectivity index (χ1) is 13.2. The Bertz CT molecular complexity index is 689. The van der Waals surface area contributed by atoms with E-state index in [9.17, 15) is 5.11 Å². The maximum Gasteiger partial charge on any atom is 0.0716 e. The molecule has 2 heterocycles. The van der Waals surface area contributed by atoms with Gasteiger partial charge < -0.3 is 9.84 Å². The van der Waals surface area contributed by atoms with Crippen molar-refractivity contribution in [2.24, 2.45) is 0 Å². The molecule has 27 heavy (non-hydrogen) atoms. The second kappa shape index (κ2) is 8.55. The van der Waals surface area contributed by atoms with Crippen molar-refractivity contribution in [2.45, 2.75) is 69.4 Å². The molecule has 0 amide bonds. The first-order valence-electron chi connectivity index (χ1n) is 10.4. The maximum absolute atomic E-state index is 11.3. The van der Waals surface area contributed by atoms with Gasteiger partial charge >= 0.3 is 0 Å². The van der Waals surface area contributed by atoms with E-state index in [1.807, 2.05) is 18.2 Å². The molecule has 2 atom stereocenters. The molecule has 2 unspecified atom stereocenters. The molecule has 1 N–H and O–H groups in total. The number of hydrogen-bond acceptors (Lipinski definition) is 3. The van der Waals surface area contributed by atoms with Gasteiger partial charge in [-0.05, 0) is 43.2 Å². The van der Waals surface area contributed by atoms with E-state index in [0.29, 0.717) is 25.3 Å². The summed E-state index contributed by atoms with van der Waals surface area (Å²) >= 11 is 0. The highest BCUT2D eigenvalue weighted by Crippen LogP contribution is 2.41. The molecule has 2 aromatic rings. The molecule has 2 bridgehead atoms. The van der Waals surface area contributed by atoms with Gasteiger partial charge in [-0.25, -0.2) is 0 Å². The summed E-state index contributed by atoms with van der Waals surface area (Å²) in [6, 6.07) is 22.0. The van der Waals surface area contributed by atoms with Gasteiger partial charge in [-0.2, -0.15) is 0 Å². The number of rotatable bonds is 7. The van der Waals surface area contributed by atoms with Crippen molar-refractivity contribution < 1.29 is 9.84 Å². The minimum atomic E-state index is -0.570. The highest BCUT2D eigenvalue weighted by atomic mass is 16.5. The molecule has 0 radical (unpaired) electrons. The lowest BCUT2D eigenvalue weighted by molar-refractivity contribution is -0.108. The number of fused-ring (bicyclic) bond motifs is 2. The first-order valence-corrected chi connectivity index (χ1v) is 10.4. The molecular formula is C24H31NO2. The number of aliphatic hydroxyl groups is 1. The zero-order chi connectivity index (χ0) is 18.5. The summed E-state index contributed by atoms with van der Waals surface area (Å²) in [5.41, 5.74) is 2.00. The highest BCUT2D eigenvalue weighted by Gasteiger charge is 2.44. The third-order valence-corrected chi connectivity index (χ3v) is 6.28. The molecule has 3 nitrogen and oxygen atoms in total. The van der Waals surface area contributed by atoms with Crippen LogP contribution in [0.3, 0.4) is 0 Å². The number of nitrogens with zero attached hydrogens (tertiary/aromatic N) is 1. The van der Waals surface area contributed by atoms with Crippen molar-refractivity contribution in [3.8, 4) is 0 Å². The average molecular weight is 366 g/mol. The third-order valence-electron chi connectivity index (χ3n) is 6.28. The number of ether oxygens (including phenoxy) is 1. The van der Waals surface area contributed by atoms with E-state index in [1.165, 1.54) is 30.4 Å². The molecule has 3 heteroatoms. The summed E-state index contributed by atoms with van der Waals surface area (Å²) in [6.45, 7) is 2.27. The summed E-state index contributed by atoms with van der Waals surface area (Å²) in [5.74, 6) is 0. The molecule has 2 fully saturated rings. The highest BCUT2D eigenvalue weighted by molar-refractivity contribution is 5.16. The van der Waals surface area contributed by atoms with Crippen molar-refractivity contribution in [1.82, 2.24) is 4.90 Å². The lowest BCUT2D eigenvalue weighted by Crippen LogP contribution is -2.57. The van der Waals surface area contributed by atoms with Gasteiger partial charge in [0.1, 0.15) is 0 Å². The molecule has 2 aliphatic heterocycles. The molecule has 4 rings (SSSR count). The van der Waals surface area contributed by atoms with E-state index in [4.69, 9.17) is 4.74 Å². The van der Waals surface area contributed by atoms with Crippen LogP contribution in [0.15, 0.2) is 60.7 Å². The molecule has 2 aliphatic rings. The van der Waals surface area contributed by atoms with Crippen molar-refractivity contribution in [3.05, 3.63) is 71.8 Å². The van der Waals surface area contributed by atoms with Gasteiger partial charge in [-0.1, -0.05) is 67.1 Å². The van der Waals surface area contributed by atoms with Crippen LogP contribution in [0.4, 0.5) is 0 Å². The molecule has 144 valence electrons. The number of hydrogen-bond donors (Lipinski definition) is 1. The van der Waals surface area contributed by atoms with Gasteiger partial charge in [0.25, 0.3) is 0 Å². The topological polar surface area (TPSA) is 32.7 Å². The lowest BCUT2D eigenvalue weighted by atomic mass is 9.74. The molecule has 0 aliphatic carbocycles. The van der Waals surface area contributed by atoms with Gasteiger partial charge in [0, 0.05) is 25.2 Å². The van der Waals surface area contributed by atoms with E-state index in [2.05, 4.69) is 47.4 Å². The molecular weight excluding hydrogens is 334 g/mol. The Labute approximate surface area is 163 Å². The molecule has 0 aromatic heterocycles. The minimum Gasteiger partial charge on any atom is -0.390 e. The minimum absolute atomic E-state index is 0.497. The molecule has 0 saturated carbocycles. The van der Waals surface area contributed by atoms with Gasteiger partial charge in [0.15, 0.2) is 0 Å². The molecule has 2 saturated heterocycles. The summed E-state index contributed by atoms with van der Waals surface area (Å²) in [5, 5.41) is 11.3. The van der Waals surface area contributed by atoms with Crippen LogP contribution in [0.2, 0.25) is 0 Å². The van der Waals surface area contributed by atoms with Crippen LogP contribution in [0, 0.1) is 0 Å². The van der Waals surface area contributed by atoms with Gasteiger partial charge in [0.05, 0.1) is 12.2 Å². The van der Waals surface area contributed by atoms with E-state index in [-0.39, 0.29) is 0 Å². The zero-order valence-electron chi connectivity index (χ0n) is 16.1. The third kappa shape index (κ3) is 4.78. The maximum atomic E-state index is 11.3. The fourth-order valence-electron chi connectivity index (χ4n) is 4.90. The summed E-state index contributed by atoms with van der Waals surface area (Å²) in [7, 11) is 0. The van der Waals surface area contributed by atoms with Gasteiger partial charge in [-0.15, -0.1) is 0 Å². The monoisotopic (exact) mass is 365 g/mol. The summed E-state index contributed by atoms with van der Waals surface area (Å²) in [4.78, 5) is 2.65. The summed E-state index contributed by atoms with van der Waals surface area (Å²) < 4.78 is 5.86. The van der Waals surface area contributed by atoms with Crippen molar-refractivity contribution in [1.29, 1.82) is 0 Å². The standard InChI is InChI=1S/C24H31NO2/c26-24(14-15-27-19-21-10-5-2-6-11-21)16-22-12-7-13-23(17-24)25(22)18-20-8-3-1-4-9-20/h1-6,8-11,22-23,26H,7,12-19H2. The van der Waals surface area contributed by atoms with Crippen LogP contribution >= 0.6 is 0 Å². The second-order valence-electron chi connectivity index (χ2n) is 8.32. The Balaban J connectivity index is 1.31. The average Bonchev–Trinajstić information content (AvgIpc) is 2.68. The Morgan fingerprint density at radius 2 is 1.48 bits per heavy atom. The quantitative estimate of drug-likeness (QED) is 0.731. The Kier molecular flexibility index (Phi) is 5.92. The van der Waals surface area contributed by atoms with Crippen LogP contribution in [0.5, 0.6) is 0 Å². The fourth-order valence-corrected chi connectivity index (χ4v) is 4.90. The van der Waals surface area contributed by atoms with Crippen molar-refractivity contribution >= 4 is 0 Å². The van der Waals surface area contributed by atoms with Crippen LogP contribution in [-0.4, -0.2) is 34.3 Å². The Hall–Kier alpha value is -1.68. The predicted octanol–water partition coefficient (Wildman–Crippen LogP) is 4.54. The SMILES string of the molecule is OC1(CCOCc2ccccc2)CC2CCCC(C1)N2Cc1ccccc1. The van der Waals surface area contributed by atoms with Crippen LogP contribution in [-0.2, 0) is 17.9 Å². The predicted molar refractivity (Wildman–Crippen MR) is 108 cm³/mol. The number of benzene rings is 2. The first kappa shape index (κ1) is 18.7. The van der Waals surface area contributed by atoms with E-state index in [1.54, 1.807) is 0 Å². The zero-order valence-corrected chi connectivity index (χ0v) is 16.1. The van der Waals surface area contributed by atoms with Crippen LogP contribution in [0.1, 0.15) is 49.7 Å². The summed E-state index contributed by atoms with van der Waals surface area (Å²) in [6.07, 6.45) is 6.20. The van der Waals surface area contributed by atoms with E-state index in [0.717, 1.165) is 25.8 Å². The van der Waals surface area contributed by atoms with Crippen molar-refractivity contribution in [3.63, 3.8) is 0 Å². The van der Waals surface area contributed by atoms with Gasteiger partial charge in [0.2, 0.25) is 0 Å². The van der Waals surface area contributed by atoms with Crippen LogP contribution < -0.4 is 0 Å².